The molecule has 1 aromatic heterocycles. The van der Waals surface area contributed by atoms with Crippen LogP contribution in [0.25, 0.3) is 0 Å². The van der Waals surface area contributed by atoms with Gasteiger partial charge in [0.15, 0.2) is 0 Å². The summed E-state index contributed by atoms with van der Waals surface area (Å²) in [7, 11) is 0. The SMILES string of the molecule is CC(=O)Nc1ccc(C(=O)NCc2cc(C)n(C3CC3)c2C)cc1. The maximum Gasteiger partial charge on any atom is 0.251 e. The zero-order valence-electron chi connectivity index (χ0n) is 14.3. The van der Waals surface area contributed by atoms with Gasteiger partial charge in [-0.2, -0.15) is 0 Å². The van der Waals surface area contributed by atoms with Crippen LogP contribution in [-0.4, -0.2) is 16.4 Å². The van der Waals surface area contributed by atoms with E-state index >= 15 is 0 Å². The molecule has 2 amide bonds. The molecular formula is C19H23N3O2. The number of aromatic nitrogens is 1. The smallest absolute Gasteiger partial charge is 0.251 e. The van der Waals surface area contributed by atoms with Gasteiger partial charge in [-0.1, -0.05) is 0 Å². The molecule has 5 heteroatoms. The number of anilines is 1. The Hall–Kier alpha value is -2.56. The van der Waals surface area contributed by atoms with E-state index in [1.165, 1.54) is 36.7 Å². The van der Waals surface area contributed by atoms with Crippen molar-refractivity contribution in [3.05, 3.63) is 52.8 Å². The van der Waals surface area contributed by atoms with Crippen molar-refractivity contribution >= 4 is 17.5 Å². The molecular weight excluding hydrogens is 302 g/mol. The third-order valence-electron chi connectivity index (χ3n) is 4.41. The molecule has 1 saturated carbocycles. The fourth-order valence-electron chi connectivity index (χ4n) is 3.10. The molecule has 126 valence electrons. The van der Waals surface area contributed by atoms with Gasteiger partial charge in [0.2, 0.25) is 5.91 Å². The number of nitrogens with zero attached hydrogens (tertiary/aromatic N) is 1. The predicted molar refractivity (Wildman–Crippen MR) is 94.1 cm³/mol. The first-order valence-corrected chi connectivity index (χ1v) is 8.29. The van der Waals surface area contributed by atoms with Gasteiger partial charge in [0, 0.05) is 42.1 Å². The predicted octanol–water partition coefficient (Wildman–Crippen LogP) is 3.33. The van der Waals surface area contributed by atoms with Gasteiger partial charge in [0.05, 0.1) is 0 Å². The largest absolute Gasteiger partial charge is 0.348 e. The van der Waals surface area contributed by atoms with E-state index in [0.717, 1.165) is 0 Å². The van der Waals surface area contributed by atoms with Gasteiger partial charge in [0.1, 0.15) is 0 Å². The topological polar surface area (TPSA) is 63.1 Å². The molecule has 5 nitrogen and oxygen atoms in total. The van der Waals surface area contributed by atoms with Crippen LogP contribution in [0, 0.1) is 13.8 Å². The average Bonchev–Trinajstić information content (AvgIpc) is 3.31. The average molecular weight is 325 g/mol. The molecule has 0 atom stereocenters. The van der Waals surface area contributed by atoms with Gasteiger partial charge in [-0.25, -0.2) is 0 Å². The number of nitrogens with one attached hydrogen (secondary N) is 2. The van der Waals surface area contributed by atoms with Crippen molar-refractivity contribution in [2.45, 2.75) is 46.2 Å². The lowest BCUT2D eigenvalue weighted by molar-refractivity contribution is -0.114. The highest BCUT2D eigenvalue weighted by Crippen LogP contribution is 2.38. The first-order valence-electron chi connectivity index (χ1n) is 8.29. The molecule has 0 unspecified atom stereocenters. The number of benzene rings is 1. The van der Waals surface area contributed by atoms with Crippen LogP contribution in [0.4, 0.5) is 5.69 Å². The highest BCUT2D eigenvalue weighted by atomic mass is 16.2. The molecule has 1 aliphatic carbocycles. The summed E-state index contributed by atoms with van der Waals surface area (Å²) < 4.78 is 2.38. The molecule has 1 aromatic carbocycles. The van der Waals surface area contributed by atoms with Gasteiger partial charge in [-0.3, -0.25) is 9.59 Å². The van der Waals surface area contributed by atoms with E-state index in [4.69, 9.17) is 0 Å². The first kappa shape index (κ1) is 16.3. The quantitative estimate of drug-likeness (QED) is 0.886. The van der Waals surface area contributed by atoms with Crippen LogP contribution in [0.5, 0.6) is 0 Å². The van der Waals surface area contributed by atoms with E-state index in [1.807, 2.05) is 0 Å². The molecule has 0 spiro atoms. The van der Waals surface area contributed by atoms with E-state index in [9.17, 15) is 9.59 Å². The van der Waals surface area contributed by atoms with Crippen molar-refractivity contribution in [2.75, 3.05) is 5.32 Å². The number of aryl methyl sites for hydroxylation is 1. The Kier molecular flexibility index (Phi) is 4.42. The second-order valence-electron chi connectivity index (χ2n) is 6.44. The molecule has 1 aliphatic rings. The zero-order chi connectivity index (χ0) is 17.3. The zero-order valence-corrected chi connectivity index (χ0v) is 14.3. The molecule has 2 N–H and O–H groups in total. The normalized spacial score (nSPS) is 13.6. The standard InChI is InChI=1S/C19H23N3O2/c1-12-10-16(13(2)22(12)18-8-9-18)11-20-19(24)15-4-6-17(7-5-15)21-14(3)23/h4-7,10,18H,8-9,11H2,1-3H3,(H,20,24)(H,21,23). The highest BCUT2D eigenvalue weighted by Gasteiger charge is 2.26. The van der Waals surface area contributed by atoms with Crippen molar-refractivity contribution in [3.63, 3.8) is 0 Å². The number of carbonyl (C=O) groups excluding carboxylic acids is 2. The first-order chi connectivity index (χ1) is 11.5. The summed E-state index contributed by atoms with van der Waals surface area (Å²) in [5.41, 5.74) is 4.95. The lowest BCUT2D eigenvalue weighted by atomic mass is 10.2. The minimum Gasteiger partial charge on any atom is -0.348 e. The summed E-state index contributed by atoms with van der Waals surface area (Å²) in [6.45, 7) is 6.23. The lowest BCUT2D eigenvalue weighted by Gasteiger charge is -2.09. The number of amides is 2. The van der Waals surface area contributed by atoms with Crippen LogP contribution in [0.1, 0.15) is 53.1 Å². The maximum atomic E-state index is 12.3. The van der Waals surface area contributed by atoms with Crippen LogP contribution in [0.2, 0.25) is 0 Å². The fraction of sp³-hybridized carbons (Fsp3) is 0.368. The molecule has 0 radical (unpaired) electrons. The van der Waals surface area contributed by atoms with E-state index in [-0.39, 0.29) is 11.8 Å². The van der Waals surface area contributed by atoms with Crippen LogP contribution < -0.4 is 10.6 Å². The Balaban J connectivity index is 1.63. The minimum absolute atomic E-state index is 0.111. The number of hydrogen-bond acceptors (Lipinski definition) is 2. The Morgan fingerprint density at radius 3 is 2.42 bits per heavy atom. The number of hydrogen-bond donors (Lipinski definition) is 2. The summed E-state index contributed by atoms with van der Waals surface area (Å²) in [4.78, 5) is 23.3. The van der Waals surface area contributed by atoms with Gasteiger partial charge < -0.3 is 15.2 Å². The molecule has 1 heterocycles. The van der Waals surface area contributed by atoms with Crippen LogP contribution >= 0.6 is 0 Å². The van der Waals surface area contributed by atoms with Crippen LogP contribution in [-0.2, 0) is 11.3 Å². The highest BCUT2D eigenvalue weighted by molar-refractivity contribution is 5.95. The maximum absolute atomic E-state index is 12.3. The Morgan fingerprint density at radius 1 is 1.17 bits per heavy atom. The van der Waals surface area contributed by atoms with E-state index in [0.29, 0.717) is 23.8 Å². The van der Waals surface area contributed by atoms with Crippen molar-refractivity contribution in [3.8, 4) is 0 Å². The lowest BCUT2D eigenvalue weighted by Crippen LogP contribution is -2.23. The van der Waals surface area contributed by atoms with Crippen molar-refractivity contribution in [2.24, 2.45) is 0 Å². The van der Waals surface area contributed by atoms with Crippen LogP contribution in [0.15, 0.2) is 30.3 Å². The van der Waals surface area contributed by atoms with Crippen molar-refractivity contribution in [1.82, 2.24) is 9.88 Å². The molecule has 3 rings (SSSR count). The molecule has 1 fully saturated rings. The third-order valence-corrected chi connectivity index (χ3v) is 4.41. The Labute approximate surface area is 142 Å². The summed E-state index contributed by atoms with van der Waals surface area (Å²) in [5, 5.41) is 5.66. The summed E-state index contributed by atoms with van der Waals surface area (Å²) in [6, 6.07) is 9.70. The van der Waals surface area contributed by atoms with Gasteiger partial charge >= 0.3 is 0 Å². The molecule has 0 bridgehead atoms. The molecule has 24 heavy (non-hydrogen) atoms. The minimum atomic E-state index is -0.127. The van der Waals surface area contributed by atoms with E-state index in [2.05, 4.69) is 35.1 Å². The molecule has 0 saturated heterocycles. The van der Waals surface area contributed by atoms with E-state index in [1.54, 1.807) is 24.3 Å². The van der Waals surface area contributed by atoms with Crippen molar-refractivity contribution < 1.29 is 9.59 Å². The monoisotopic (exact) mass is 325 g/mol. The van der Waals surface area contributed by atoms with E-state index < -0.39 is 0 Å². The number of carbonyl (C=O) groups is 2. The summed E-state index contributed by atoms with van der Waals surface area (Å²) in [6.07, 6.45) is 2.51. The van der Waals surface area contributed by atoms with Gasteiger partial charge in [-0.15, -0.1) is 0 Å². The second kappa shape index (κ2) is 6.51. The van der Waals surface area contributed by atoms with Crippen molar-refractivity contribution in [1.29, 1.82) is 0 Å². The van der Waals surface area contributed by atoms with Crippen LogP contribution in [0.3, 0.4) is 0 Å². The Bertz CT molecular complexity index is 771. The summed E-state index contributed by atoms with van der Waals surface area (Å²) >= 11 is 0. The number of rotatable bonds is 5. The Morgan fingerprint density at radius 2 is 1.83 bits per heavy atom. The second-order valence-corrected chi connectivity index (χ2v) is 6.44. The van der Waals surface area contributed by atoms with Gasteiger partial charge in [-0.05, 0) is 62.6 Å². The van der Waals surface area contributed by atoms with Gasteiger partial charge in [0.25, 0.3) is 5.91 Å². The third kappa shape index (κ3) is 3.50. The summed E-state index contributed by atoms with van der Waals surface area (Å²) in [5.74, 6) is -0.237. The molecule has 0 aliphatic heterocycles. The fourth-order valence-corrected chi connectivity index (χ4v) is 3.10. The molecule has 2 aromatic rings.